The van der Waals surface area contributed by atoms with E-state index in [4.69, 9.17) is 14.2 Å². The molecule has 0 saturated heterocycles. The molecule has 0 amide bonds. The number of methoxy groups -OCH3 is 1. The zero-order chi connectivity index (χ0) is 25.1. The van der Waals surface area contributed by atoms with Crippen LogP contribution in [-0.4, -0.2) is 64.5 Å². The number of carbonyl (C=O) groups is 1. The molecule has 1 unspecified atom stereocenters. The van der Waals surface area contributed by atoms with Gasteiger partial charge in [-0.2, -0.15) is 0 Å². The molecule has 0 heterocycles. The Kier molecular flexibility index (Phi) is 26.4. The summed E-state index contributed by atoms with van der Waals surface area (Å²) in [6, 6.07) is 0. The van der Waals surface area contributed by atoms with Gasteiger partial charge in [-0.1, -0.05) is 103 Å². The molecule has 0 aliphatic carbocycles. The van der Waals surface area contributed by atoms with Crippen LogP contribution in [0.2, 0.25) is 0 Å². The number of unbranched alkanes of at least 4 members (excludes halogenated alkanes) is 15. The fourth-order valence-corrected chi connectivity index (χ4v) is 4.14. The monoisotopic (exact) mass is 485 g/mol. The molecule has 0 aliphatic rings. The highest BCUT2D eigenvalue weighted by Gasteiger charge is 2.11. The van der Waals surface area contributed by atoms with E-state index in [0.29, 0.717) is 19.6 Å². The normalized spacial score (nSPS) is 12.4. The summed E-state index contributed by atoms with van der Waals surface area (Å²) >= 11 is 0. The molecule has 0 N–H and O–H groups in total. The molecule has 0 saturated carbocycles. The molecular weight excluding hydrogens is 426 g/mol. The molecule has 204 valence electrons. The molecule has 0 aromatic carbocycles. The summed E-state index contributed by atoms with van der Waals surface area (Å²) in [6.07, 6.45) is 24.1. The smallest absolute Gasteiger partial charge is 0.305 e. The molecule has 0 bridgehead atoms. The van der Waals surface area contributed by atoms with Crippen LogP contribution in [0, 0.1) is 0 Å². The Morgan fingerprint density at radius 1 is 0.706 bits per heavy atom. The van der Waals surface area contributed by atoms with E-state index in [0.717, 1.165) is 32.4 Å². The van der Waals surface area contributed by atoms with Crippen molar-refractivity contribution in [1.82, 2.24) is 4.90 Å². The third-order valence-corrected chi connectivity index (χ3v) is 6.48. The lowest BCUT2D eigenvalue weighted by Crippen LogP contribution is -2.23. The minimum absolute atomic E-state index is 0.0800. The number of rotatable bonds is 27. The zero-order valence-corrected chi connectivity index (χ0v) is 23.4. The number of hydrogen-bond acceptors (Lipinski definition) is 5. The summed E-state index contributed by atoms with van der Waals surface area (Å²) in [4.78, 5) is 13.8. The number of carbonyl (C=O) groups excluding carboxylic acids is 1. The van der Waals surface area contributed by atoms with Gasteiger partial charge in [-0.3, -0.25) is 4.79 Å². The van der Waals surface area contributed by atoms with Crippen molar-refractivity contribution in [2.75, 3.05) is 47.6 Å². The third-order valence-electron chi connectivity index (χ3n) is 6.48. The molecule has 0 spiro atoms. The van der Waals surface area contributed by atoms with Gasteiger partial charge in [0.25, 0.3) is 0 Å². The van der Waals surface area contributed by atoms with Gasteiger partial charge in [-0.15, -0.1) is 0 Å². The second kappa shape index (κ2) is 26.9. The summed E-state index contributed by atoms with van der Waals surface area (Å²) in [5, 5.41) is 0. The molecule has 0 rings (SSSR count). The van der Waals surface area contributed by atoms with E-state index >= 15 is 0 Å². The number of hydrogen-bond donors (Lipinski definition) is 0. The van der Waals surface area contributed by atoms with E-state index in [-0.39, 0.29) is 12.1 Å². The molecule has 5 heteroatoms. The molecule has 0 aromatic heterocycles. The Morgan fingerprint density at radius 3 is 1.68 bits per heavy atom. The van der Waals surface area contributed by atoms with Gasteiger partial charge < -0.3 is 19.1 Å². The quantitative estimate of drug-likeness (QED) is 0.0887. The standard InChI is InChI=1S/C29H59NO4/c1-5-6-7-8-9-10-11-12-13-14-15-16-17-18-19-20-25-33-26-23-28(32-4)27-34-29(31)22-21-24-30(2)3/h28H,5-27H2,1-4H3. The van der Waals surface area contributed by atoms with Crippen molar-refractivity contribution in [2.24, 2.45) is 0 Å². The predicted molar refractivity (Wildman–Crippen MR) is 145 cm³/mol. The van der Waals surface area contributed by atoms with E-state index in [1.54, 1.807) is 7.11 Å². The first-order valence-corrected chi connectivity index (χ1v) is 14.5. The lowest BCUT2D eigenvalue weighted by atomic mass is 10.0. The van der Waals surface area contributed by atoms with Crippen molar-refractivity contribution >= 4 is 5.97 Å². The molecule has 0 radical (unpaired) electrons. The van der Waals surface area contributed by atoms with Crippen LogP contribution in [0.15, 0.2) is 0 Å². The highest BCUT2D eigenvalue weighted by molar-refractivity contribution is 5.69. The van der Waals surface area contributed by atoms with Crippen LogP contribution in [-0.2, 0) is 19.0 Å². The van der Waals surface area contributed by atoms with E-state index in [9.17, 15) is 4.79 Å². The van der Waals surface area contributed by atoms with Gasteiger partial charge in [-0.25, -0.2) is 0 Å². The van der Waals surface area contributed by atoms with Crippen LogP contribution in [0.3, 0.4) is 0 Å². The number of esters is 1. The molecule has 0 aliphatic heterocycles. The first kappa shape index (κ1) is 33.4. The van der Waals surface area contributed by atoms with Gasteiger partial charge in [0.05, 0.1) is 6.10 Å². The Balaban J connectivity index is 3.31. The Hall–Kier alpha value is -0.650. The van der Waals surface area contributed by atoms with Gasteiger partial charge in [0, 0.05) is 33.2 Å². The van der Waals surface area contributed by atoms with Crippen LogP contribution in [0.25, 0.3) is 0 Å². The average Bonchev–Trinajstić information content (AvgIpc) is 2.82. The summed E-state index contributed by atoms with van der Waals surface area (Å²) < 4.78 is 16.5. The largest absolute Gasteiger partial charge is 0.463 e. The maximum atomic E-state index is 11.8. The van der Waals surface area contributed by atoms with E-state index in [2.05, 4.69) is 11.8 Å². The maximum Gasteiger partial charge on any atom is 0.305 e. The molecule has 0 aromatic rings. The summed E-state index contributed by atoms with van der Waals surface area (Å²) in [5.74, 6) is -0.141. The molecule has 34 heavy (non-hydrogen) atoms. The molecule has 0 fully saturated rings. The van der Waals surface area contributed by atoms with Crippen LogP contribution >= 0.6 is 0 Å². The summed E-state index contributed by atoms with van der Waals surface area (Å²) in [6.45, 7) is 4.98. The number of nitrogens with zero attached hydrogens (tertiary/aromatic N) is 1. The fraction of sp³-hybridized carbons (Fsp3) is 0.966. The van der Waals surface area contributed by atoms with Crippen molar-refractivity contribution in [3.05, 3.63) is 0 Å². The zero-order valence-electron chi connectivity index (χ0n) is 23.4. The van der Waals surface area contributed by atoms with Crippen LogP contribution < -0.4 is 0 Å². The van der Waals surface area contributed by atoms with Crippen molar-refractivity contribution in [3.8, 4) is 0 Å². The average molecular weight is 486 g/mol. The SMILES string of the molecule is CCCCCCCCCCCCCCCCCCOCCC(COC(=O)CCCN(C)C)OC. The van der Waals surface area contributed by atoms with Crippen molar-refractivity contribution < 1.29 is 19.0 Å². The van der Waals surface area contributed by atoms with Crippen molar-refractivity contribution in [3.63, 3.8) is 0 Å². The minimum atomic E-state index is -0.141. The van der Waals surface area contributed by atoms with Gasteiger partial charge >= 0.3 is 5.97 Å². The van der Waals surface area contributed by atoms with Gasteiger partial charge in [0.1, 0.15) is 6.61 Å². The second-order valence-electron chi connectivity index (χ2n) is 10.2. The van der Waals surface area contributed by atoms with Crippen LogP contribution in [0.5, 0.6) is 0 Å². The Labute approximate surface area is 212 Å². The molecule has 5 nitrogen and oxygen atoms in total. The minimum Gasteiger partial charge on any atom is -0.463 e. The maximum absolute atomic E-state index is 11.8. The third kappa shape index (κ3) is 26.0. The Bertz CT molecular complexity index is 417. The number of ether oxygens (including phenoxy) is 3. The lowest BCUT2D eigenvalue weighted by Gasteiger charge is -2.16. The molecule has 1 atom stereocenters. The first-order valence-electron chi connectivity index (χ1n) is 14.5. The highest BCUT2D eigenvalue weighted by Crippen LogP contribution is 2.13. The van der Waals surface area contributed by atoms with Crippen LogP contribution in [0.1, 0.15) is 129 Å². The molecular formula is C29H59NO4. The summed E-state index contributed by atoms with van der Waals surface area (Å²) in [5.41, 5.74) is 0. The predicted octanol–water partition coefficient (Wildman–Crippen LogP) is 7.55. The van der Waals surface area contributed by atoms with Crippen molar-refractivity contribution in [1.29, 1.82) is 0 Å². The van der Waals surface area contributed by atoms with E-state index in [1.165, 1.54) is 96.3 Å². The van der Waals surface area contributed by atoms with Gasteiger partial charge in [-0.05, 0) is 33.5 Å². The highest BCUT2D eigenvalue weighted by atomic mass is 16.6. The van der Waals surface area contributed by atoms with E-state index < -0.39 is 0 Å². The fourth-order valence-electron chi connectivity index (χ4n) is 4.14. The van der Waals surface area contributed by atoms with E-state index in [1.807, 2.05) is 14.1 Å². The topological polar surface area (TPSA) is 48.0 Å². The second-order valence-corrected chi connectivity index (χ2v) is 10.2. The van der Waals surface area contributed by atoms with Crippen LogP contribution in [0.4, 0.5) is 0 Å². The lowest BCUT2D eigenvalue weighted by molar-refractivity contribution is -0.147. The van der Waals surface area contributed by atoms with Gasteiger partial charge in [0.2, 0.25) is 0 Å². The van der Waals surface area contributed by atoms with Crippen molar-refractivity contribution in [2.45, 2.75) is 135 Å². The first-order chi connectivity index (χ1) is 16.6. The van der Waals surface area contributed by atoms with Gasteiger partial charge in [0.15, 0.2) is 0 Å². The summed E-state index contributed by atoms with van der Waals surface area (Å²) in [7, 11) is 5.68. The Morgan fingerprint density at radius 2 is 1.21 bits per heavy atom.